The van der Waals surface area contributed by atoms with Gasteiger partial charge in [0.15, 0.2) is 0 Å². The van der Waals surface area contributed by atoms with Crippen molar-refractivity contribution in [3.8, 4) is 0 Å². The van der Waals surface area contributed by atoms with Crippen molar-refractivity contribution in [2.75, 3.05) is 0 Å². The zero-order valence-electron chi connectivity index (χ0n) is 4.28. The Balaban J connectivity index is 2.85. The van der Waals surface area contributed by atoms with Gasteiger partial charge in [-0.3, -0.25) is 0 Å². The van der Waals surface area contributed by atoms with Gasteiger partial charge >= 0.3 is 0 Å². The van der Waals surface area contributed by atoms with Gasteiger partial charge in [0.1, 0.15) is 15.8 Å². The predicted octanol–water partition coefficient (Wildman–Crippen LogP) is 1.71. The molecular weight excluding hydrogens is 204 g/mol. The van der Waals surface area contributed by atoms with E-state index in [1.165, 1.54) is 17.6 Å². The first-order valence-corrected chi connectivity index (χ1v) is 3.78. The fourth-order valence-electron chi connectivity index (χ4n) is 0.376. The molecule has 9 heavy (non-hydrogen) atoms. The van der Waals surface area contributed by atoms with Crippen molar-refractivity contribution in [1.29, 1.82) is 0 Å². The van der Waals surface area contributed by atoms with Crippen LogP contribution in [-0.2, 0) is 0 Å². The predicted molar refractivity (Wildman–Crippen MR) is 39.2 cm³/mol. The summed E-state index contributed by atoms with van der Waals surface area (Å²) in [5.41, 5.74) is 0. The van der Waals surface area contributed by atoms with Crippen LogP contribution < -0.4 is 0 Å². The van der Waals surface area contributed by atoms with Gasteiger partial charge in [-0.25, -0.2) is 4.98 Å². The van der Waals surface area contributed by atoms with Gasteiger partial charge in [0.25, 0.3) is 0 Å². The molecule has 0 aliphatic rings. The summed E-state index contributed by atoms with van der Waals surface area (Å²) in [4.78, 5) is 3.93. The van der Waals surface area contributed by atoms with Gasteiger partial charge in [-0.1, -0.05) is 5.16 Å². The minimum absolute atomic E-state index is 0.685. The molecule has 1 N–H and O–H groups in total. The molecule has 0 spiro atoms. The number of nitrogens with zero attached hydrogens (tertiary/aromatic N) is 2. The van der Waals surface area contributed by atoms with E-state index >= 15 is 0 Å². The van der Waals surface area contributed by atoms with Crippen molar-refractivity contribution >= 4 is 33.5 Å². The third-order valence-corrected chi connectivity index (χ3v) is 2.15. The summed E-state index contributed by atoms with van der Waals surface area (Å²) in [6.45, 7) is 0. The van der Waals surface area contributed by atoms with Crippen LogP contribution in [0.2, 0.25) is 0 Å². The van der Waals surface area contributed by atoms with E-state index in [2.05, 4.69) is 26.1 Å². The highest BCUT2D eigenvalue weighted by Gasteiger charge is 1.93. The van der Waals surface area contributed by atoms with Crippen LogP contribution in [0.3, 0.4) is 0 Å². The zero-order valence-corrected chi connectivity index (χ0v) is 6.69. The van der Waals surface area contributed by atoms with E-state index in [-0.39, 0.29) is 0 Å². The van der Waals surface area contributed by atoms with Crippen molar-refractivity contribution in [3.63, 3.8) is 0 Å². The van der Waals surface area contributed by atoms with Crippen LogP contribution in [0.1, 0.15) is 5.01 Å². The molecule has 48 valence electrons. The largest absolute Gasteiger partial charge is 0.411 e. The SMILES string of the molecule is O/N=C/c1nc(Br)cs1. The van der Waals surface area contributed by atoms with Crippen molar-refractivity contribution in [2.45, 2.75) is 0 Å². The fourth-order valence-corrected chi connectivity index (χ4v) is 1.49. The maximum absolute atomic E-state index is 8.05. The third kappa shape index (κ3) is 1.76. The van der Waals surface area contributed by atoms with Crippen molar-refractivity contribution in [3.05, 3.63) is 15.0 Å². The Bertz CT molecular complexity index is 222. The average molecular weight is 207 g/mol. The molecule has 0 fully saturated rings. The number of hydrogen-bond donors (Lipinski definition) is 1. The highest BCUT2D eigenvalue weighted by Crippen LogP contribution is 2.12. The number of oxime groups is 1. The highest BCUT2D eigenvalue weighted by molar-refractivity contribution is 9.10. The van der Waals surface area contributed by atoms with Crippen LogP contribution in [0.15, 0.2) is 15.1 Å². The molecule has 0 unspecified atom stereocenters. The van der Waals surface area contributed by atoms with Crippen molar-refractivity contribution < 1.29 is 5.21 Å². The smallest absolute Gasteiger partial charge is 0.139 e. The molecule has 3 nitrogen and oxygen atoms in total. The molecule has 0 aromatic carbocycles. The lowest BCUT2D eigenvalue weighted by molar-refractivity contribution is 0.322. The molecule has 0 amide bonds. The first-order valence-electron chi connectivity index (χ1n) is 2.11. The van der Waals surface area contributed by atoms with Crippen LogP contribution in [-0.4, -0.2) is 16.4 Å². The molecule has 0 aliphatic carbocycles. The minimum atomic E-state index is 0.685. The monoisotopic (exact) mass is 206 g/mol. The van der Waals surface area contributed by atoms with Gasteiger partial charge in [-0.2, -0.15) is 0 Å². The summed E-state index contributed by atoms with van der Waals surface area (Å²) in [6.07, 6.45) is 1.29. The van der Waals surface area contributed by atoms with Crippen molar-refractivity contribution in [2.24, 2.45) is 5.16 Å². The number of aromatic nitrogens is 1. The molecule has 1 aromatic heterocycles. The Morgan fingerprint density at radius 2 is 2.67 bits per heavy atom. The van der Waals surface area contributed by atoms with E-state index in [1.54, 1.807) is 0 Å². The lowest BCUT2D eigenvalue weighted by Gasteiger charge is -1.74. The lowest BCUT2D eigenvalue weighted by atomic mass is 10.8. The summed E-state index contributed by atoms with van der Waals surface area (Å²) in [6, 6.07) is 0. The first kappa shape index (κ1) is 6.70. The molecule has 5 heteroatoms. The van der Waals surface area contributed by atoms with Crippen LogP contribution in [0, 0.1) is 0 Å². The third-order valence-electron chi connectivity index (χ3n) is 0.662. The van der Waals surface area contributed by atoms with Gasteiger partial charge in [-0.05, 0) is 15.9 Å². The van der Waals surface area contributed by atoms with Gasteiger partial charge < -0.3 is 5.21 Å². The van der Waals surface area contributed by atoms with Gasteiger partial charge in [0.2, 0.25) is 0 Å². The molecular formula is C4H3BrN2OS. The van der Waals surface area contributed by atoms with E-state index < -0.39 is 0 Å². The maximum atomic E-state index is 8.05. The van der Waals surface area contributed by atoms with E-state index in [4.69, 9.17) is 5.21 Å². The Morgan fingerprint density at radius 3 is 3.11 bits per heavy atom. The number of hydrogen-bond acceptors (Lipinski definition) is 4. The lowest BCUT2D eigenvalue weighted by Crippen LogP contribution is -1.75. The first-order chi connectivity index (χ1) is 4.33. The van der Waals surface area contributed by atoms with E-state index in [0.717, 1.165) is 4.60 Å². The zero-order chi connectivity index (χ0) is 6.69. The molecule has 0 aliphatic heterocycles. The second kappa shape index (κ2) is 2.93. The normalized spacial score (nSPS) is 10.8. The summed E-state index contributed by atoms with van der Waals surface area (Å²) < 4.78 is 0.766. The van der Waals surface area contributed by atoms with Crippen LogP contribution in [0.5, 0.6) is 0 Å². The standard InChI is InChI=1S/C4H3BrN2OS/c5-3-2-9-4(7-3)1-6-8/h1-2,8H/b6-1+. The Hall–Kier alpha value is -0.420. The van der Waals surface area contributed by atoms with Gasteiger partial charge in [0.05, 0.1) is 0 Å². The van der Waals surface area contributed by atoms with E-state index in [1.807, 2.05) is 5.38 Å². The van der Waals surface area contributed by atoms with Crippen LogP contribution in [0.4, 0.5) is 0 Å². The molecule has 1 heterocycles. The molecule has 1 rings (SSSR count). The molecule has 1 aromatic rings. The molecule has 0 saturated heterocycles. The Kier molecular flexibility index (Phi) is 2.18. The molecule has 0 radical (unpaired) electrons. The topological polar surface area (TPSA) is 45.5 Å². The molecule has 0 atom stereocenters. The van der Waals surface area contributed by atoms with Crippen LogP contribution in [0.25, 0.3) is 0 Å². The number of halogens is 1. The van der Waals surface area contributed by atoms with Crippen LogP contribution >= 0.6 is 27.3 Å². The van der Waals surface area contributed by atoms with Crippen molar-refractivity contribution in [1.82, 2.24) is 4.98 Å². The summed E-state index contributed by atoms with van der Waals surface area (Å²) >= 11 is 4.56. The Labute approximate surface area is 64.2 Å². The summed E-state index contributed by atoms with van der Waals surface area (Å²) in [7, 11) is 0. The number of rotatable bonds is 1. The fraction of sp³-hybridized carbons (Fsp3) is 0. The second-order valence-corrected chi connectivity index (χ2v) is 2.96. The quantitative estimate of drug-likeness (QED) is 0.432. The number of thiazole rings is 1. The van der Waals surface area contributed by atoms with Gasteiger partial charge in [-0.15, -0.1) is 11.3 Å². The summed E-state index contributed by atoms with van der Waals surface area (Å²) in [5, 5.41) is 13.4. The highest BCUT2D eigenvalue weighted by atomic mass is 79.9. The minimum Gasteiger partial charge on any atom is -0.411 e. The maximum Gasteiger partial charge on any atom is 0.139 e. The van der Waals surface area contributed by atoms with E-state index in [9.17, 15) is 0 Å². The van der Waals surface area contributed by atoms with Gasteiger partial charge in [0, 0.05) is 5.38 Å². The molecule has 0 bridgehead atoms. The Morgan fingerprint density at radius 1 is 1.89 bits per heavy atom. The van der Waals surface area contributed by atoms with E-state index in [0.29, 0.717) is 5.01 Å². The molecule has 0 saturated carbocycles. The average Bonchev–Trinajstić information content (AvgIpc) is 2.17. The second-order valence-electron chi connectivity index (χ2n) is 1.25. The summed E-state index contributed by atoms with van der Waals surface area (Å²) in [5.74, 6) is 0.